The molecule has 0 aromatic carbocycles. The summed E-state index contributed by atoms with van der Waals surface area (Å²) < 4.78 is 29.7. The third-order valence-corrected chi connectivity index (χ3v) is 3.14. The van der Waals surface area contributed by atoms with Crippen LogP contribution in [-0.4, -0.2) is 40.1 Å². The predicted molar refractivity (Wildman–Crippen MR) is 94.3 cm³/mol. The van der Waals surface area contributed by atoms with Crippen LogP contribution in [0.4, 0.5) is 8.78 Å². The Hall–Kier alpha value is -1.02. The molecule has 22 heavy (non-hydrogen) atoms. The molecule has 0 aromatic rings. The van der Waals surface area contributed by atoms with E-state index >= 15 is 0 Å². The molecule has 0 aliphatic heterocycles. The highest BCUT2D eigenvalue weighted by molar-refractivity contribution is 7.80. The fraction of sp³-hybridized carbons (Fsp3) is 0.714. The maximum atomic E-state index is 12.1. The van der Waals surface area contributed by atoms with Crippen molar-refractivity contribution in [3.8, 4) is 0 Å². The van der Waals surface area contributed by atoms with Crippen molar-refractivity contribution in [1.29, 1.82) is 0 Å². The minimum Gasteiger partial charge on any atom is -0.487 e. The maximum absolute atomic E-state index is 12.1. The van der Waals surface area contributed by atoms with Crippen molar-refractivity contribution in [2.24, 2.45) is 5.73 Å². The second-order valence-corrected chi connectivity index (χ2v) is 5.24. The van der Waals surface area contributed by atoms with E-state index < -0.39 is 11.3 Å². The lowest BCUT2D eigenvalue weighted by molar-refractivity contribution is 0.242. The molecule has 0 rings (SSSR count). The lowest BCUT2D eigenvalue weighted by Crippen LogP contribution is -2.31. The van der Waals surface area contributed by atoms with Gasteiger partial charge in [0.05, 0.1) is 6.61 Å². The summed E-state index contributed by atoms with van der Waals surface area (Å²) in [6, 6.07) is 0. The summed E-state index contributed by atoms with van der Waals surface area (Å²) in [5, 5.41) is 7.60. The predicted octanol–water partition coefficient (Wildman–Crippen LogP) is 4.15. The van der Waals surface area contributed by atoms with Crippen LogP contribution in [0.1, 0.15) is 46.5 Å². The van der Waals surface area contributed by atoms with Crippen molar-refractivity contribution >= 4 is 34.8 Å². The van der Waals surface area contributed by atoms with Crippen LogP contribution in [0.2, 0.25) is 0 Å². The van der Waals surface area contributed by atoms with Crippen molar-refractivity contribution in [3.05, 3.63) is 11.7 Å². The van der Waals surface area contributed by atoms with Crippen LogP contribution < -0.4 is 5.73 Å². The number of halogens is 2. The molecule has 0 aliphatic rings. The van der Waals surface area contributed by atoms with Gasteiger partial charge in [-0.25, -0.2) is 0 Å². The van der Waals surface area contributed by atoms with Gasteiger partial charge >= 0.3 is 0 Å². The van der Waals surface area contributed by atoms with Gasteiger partial charge in [0.1, 0.15) is 0 Å². The minimum atomic E-state index is -1.55. The molecule has 0 aromatic heterocycles. The Labute approximate surface area is 142 Å². The van der Waals surface area contributed by atoms with Gasteiger partial charge in [-0.1, -0.05) is 0 Å². The number of aliphatic hydroxyl groups excluding tert-OH is 1. The summed E-state index contributed by atoms with van der Waals surface area (Å²) in [5.74, 6) is 0. The zero-order valence-electron chi connectivity index (χ0n) is 13.4. The first-order valence-corrected chi connectivity index (χ1v) is 7.98. The number of aliphatic hydroxyl groups is 1. The number of unbranched alkanes of at least 4 members (excludes halogenated alkanes) is 2. The van der Waals surface area contributed by atoms with Gasteiger partial charge in [0, 0.05) is 13.1 Å². The van der Waals surface area contributed by atoms with Crippen LogP contribution in [0.15, 0.2) is 11.7 Å². The number of thiocarbonyl (C=S) groups is 2. The second-order valence-electron chi connectivity index (χ2n) is 4.48. The SMILES string of the molecule is CCN(CC)C(=S)OCCCCCC(C)=C(F)F.NC(O)=S. The molecule has 0 saturated carbocycles. The average molecular weight is 357 g/mol. The molecule has 8 heteroatoms. The summed E-state index contributed by atoms with van der Waals surface area (Å²) >= 11 is 8.99. The smallest absolute Gasteiger partial charge is 0.269 e. The Balaban J connectivity index is 0. The molecule has 4 nitrogen and oxygen atoms in total. The van der Waals surface area contributed by atoms with Gasteiger partial charge in [0.25, 0.3) is 16.4 Å². The second kappa shape index (κ2) is 14.9. The van der Waals surface area contributed by atoms with E-state index in [1.54, 1.807) is 0 Å². The summed E-state index contributed by atoms with van der Waals surface area (Å²) in [4.78, 5) is 1.97. The topological polar surface area (TPSA) is 58.7 Å². The number of hydrogen-bond donors (Lipinski definition) is 2. The number of hydrogen-bond acceptors (Lipinski definition) is 3. The van der Waals surface area contributed by atoms with Gasteiger partial charge in [-0.3, -0.25) is 0 Å². The molecule has 0 radical (unpaired) electrons. The van der Waals surface area contributed by atoms with E-state index in [1.807, 2.05) is 18.7 Å². The molecule has 0 heterocycles. The average Bonchev–Trinajstić information content (AvgIpc) is 2.42. The first-order valence-electron chi connectivity index (χ1n) is 7.17. The third kappa shape index (κ3) is 15.4. The van der Waals surface area contributed by atoms with Gasteiger partial charge < -0.3 is 20.5 Å². The number of ether oxygens (including phenoxy) is 1. The van der Waals surface area contributed by atoms with E-state index in [-0.39, 0.29) is 5.57 Å². The zero-order valence-corrected chi connectivity index (χ0v) is 15.0. The van der Waals surface area contributed by atoms with Crippen LogP contribution in [0.3, 0.4) is 0 Å². The molecule has 0 aliphatic carbocycles. The number of allylic oxidation sites excluding steroid dienone is 1. The summed E-state index contributed by atoms with van der Waals surface area (Å²) in [5.41, 5.74) is 4.59. The Morgan fingerprint density at radius 3 is 2.05 bits per heavy atom. The molecule has 0 saturated heterocycles. The fourth-order valence-electron chi connectivity index (χ4n) is 1.50. The van der Waals surface area contributed by atoms with E-state index in [0.29, 0.717) is 18.2 Å². The minimum absolute atomic E-state index is 0.189. The van der Waals surface area contributed by atoms with Crippen LogP contribution in [-0.2, 0) is 4.74 Å². The normalized spacial score (nSPS) is 9.32. The van der Waals surface area contributed by atoms with E-state index in [2.05, 4.69) is 18.0 Å². The molecular weight excluding hydrogens is 330 g/mol. The highest BCUT2D eigenvalue weighted by atomic mass is 32.1. The molecule has 3 N–H and O–H groups in total. The first-order chi connectivity index (χ1) is 10.3. The van der Waals surface area contributed by atoms with Crippen molar-refractivity contribution in [2.75, 3.05) is 19.7 Å². The Morgan fingerprint density at radius 2 is 1.64 bits per heavy atom. The molecule has 0 bridgehead atoms. The Kier molecular flexibility index (Phi) is 15.7. The molecule has 0 amide bonds. The van der Waals surface area contributed by atoms with Crippen LogP contribution in [0, 0.1) is 0 Å². The molecular formula is C14H26F2N2O2S2. The molecule has 0 spiro atoms. The third-order valence-electron chi connectivity index (χ3n) is 2.77. The van der Waals surface area contributed by atoms with Gasteiger partial charge in [-0.05, 0) is 76.5 Å². The summed E-state index contributed by atoms with van der Waals surface area (Å²) in [6.07, 6.45) is 1.41. The van der Waals surface area contributed by atoms with Crippen LogP contribution in [0.25, 0.3) is 0 Å². The molecule has 0 unspecified atom stereocenters. The Morgan fingerprint density at radius 1 is 1.14 bits per heavy atom. The lowest BCUT2D eigenvalue weighted by Gasteiger charge is -2.21. The van der Waals surface area contributed by atoms with E-state index in [9.17, 15) is 8.78 Å². The van der Waals surface area contributed by atoms with E-state index in [1.165, 1.54) is 6.92 Å². The standard InChI is InChI=1S/C13H23F2NOS.CH3NOS/c1-4-16(5-2)13(18)17-10-8-6-7-9-11(3)12(14)15;2-1(3)4/h4-10H2,1-3H3;(H3,2,3,4). The monoisotopic (exact) mass is 356 g/mol. The highest BCUT2D eigenvalue weighted by Gasteiger charge is 2.05. The van der Waals surface area contributed by atoms with Crippen LogP contribution >= 0.6 is 24.4 Å². The van der Waals surface area contributed by atoms with Crippen molar-refractivity contribution < 1.29 is 18.6 Å². The maximum Gasteiger partial charge on any atom is 0.269 e. The number of nitrogens with zero attached hydrogens (tertiary/aromatic N) is 1. The zero-order chi connectivity index (χ0) is 17.5. The first kappa shape index (κ1) is 23.2. The van der Waals surface area contributed by atoms with Gasteiger partial charge in [0.2, 0.25) is 0 Å². The highest BCUT2D eigenvalue weighted by Crippen LogP contribution is 2.14. The van der Waals surface area contributed by atoms with Gasteiger partial charge in [-0.2, -0.15) is 8.78 Å². The van der Waals surface area contributed by atoms with E-state index in [4.69, 9.17) is 22.1 Å². The summed E-state index contributed by atoms with van der Waals surface area (Å²) in [6.45, 7) is 7.78. The quantitative estimate of drug-likeness (QED) is 0.503. The summed E-state index contributed by atoms with van der Waals surface area (Å²) in [7, 11) is 0. The number of rotatable bonds is 8. The largest absolute Gasteiger partial charge is 0.487 e. The Bertz CT molecular complexity index is 355. The van der Waals surface area contributed by atoms with Gasteiger partial charge in [-0.15, -0.1) is 0 Å². The van der Waals surface area contributed by atoms with E-state index in [0.717, 1.165) is 32.4 Å². The number of nitrogens with two attached hydrogens (primary N) is 1. The van der Waals surface area contributed by atoms with Crippen molar-refractivity contribution in [3.63, 3.8) is 0 Å². The van der Waals surface area contributed by atoms with Crippen molar-refractivity contribution in [2.45, 2.75) is 46.5 Å². The van der Waals surface area contributed by atoms with Gasteiger partial charge in [0.15, 0.2) is 0 Å². The molecule has 0 fully saturated rings. The molecule has 0 atom stereocenters. The lowest BCUT2D eigenvalue weighted by atomic mass is 10.1. The molecule has 130 valence electrons. The van der Waals surface area contributed by atoms with Crippen molar-refractivity contribution in [1.82, 2.24) is 4.90 Å². The van der Waals surface area contributed by atoms with Crippen LogP contribution in [0.5, 0.6) is 0 Å². The fourth-order valence-corrected chi connectivity index (χ4v) is 1.84.